The fraction of sp³-hybridized carbons (Fsp3) is 0.824. The maximum absolute atomic E-state index is 12.2. The molecule has 0 aliphatic carbocycles. The zero-order chi connectivity index (χ0) is 17.7. The first-order chi connectivity index (χ1) is 11.3. The molecule has 24 heavy (non-hydrogen) atoms. The van der Waals surface area contributed by atoms with Crippen LogP contribution in [-0.2, 0) is 14.4 Å². The van der Waals surface area contributed by atoms with E-state index in [-0.39, 0.29) is 24.3 Å². The van der Waals surface area contributed by atoms with Crippen molar-refractivity contribution < 1.29 is 14.4 Å². The van der Waals surface area contributed by atoms with Crippen molar-refractivity contribution in [2.45, 2.75) is 33.6 Å². The molecule has 0 aromatic heterocycles. The van der Waals surface area contributed by atoms with E-state index >= 15 is 0 Å². The van der Waals surface area contributed by atoms with Crippen LogP contribution in [0.15, 0.2) is 0 Å². The van der Waals surface area contributed by atoms with Gasteiger partial charge in [-0.3, -0.25) is 19.3 Å². The molecule has 136 valence electrons. The molecule has 0 unspecified atom stereocenters. The van der Waals surface area contributed by atoms with Gasteiger partial charge in [0.1, 0.15) is 0 Å². The van der Waals surface area contributed by atoms with Crippen LogP contribution in [-0.4, -0.2) is 84.8 Å². The van der Waals surface area contributed by atoms with E-state index in [4.69, 9.17) is 0 Å². The predicted octanol–water partition coefficient (Wildman–Crippen LogP) is -0.0847. The van der Waals surface area contributed by atoms with E-state index < -0.39 is 5.41 Å². The highest BCUT2D eigenvalue weighted by atomic mass is 16.2. The van der Waals surface area contributed by atoms with Crippen LogP contribution in [0.2, 0.25) is 0 Å². The lowest BCUT2D eigenvalue weighted by Gasteiger charge is -2.35. The topological polar surface area (TPSA) is 73.0 Å². The second-order valence-electron chi connectivity index (χ2n) is 7.68. The minimum atomic E-state index is -0.491. The van der Waals surface area contributed by atoms with E-state index in [1.807, 2.05) is 25.7 Å². The Balaban J connectivity index is 1.69. The van der Waals surface area contributed by atoms with Gasteiger partial charge in [-0.1, -0.05) is 20.8 Å². The van der Waals surface area contributed by atoms with E-state index in [0.717, 1.165) is 25.9 Å². The molecule has 2 saturated heterocycles. The van der Waals surface area contributed by atoms with Crippen molar-refractivity contribution in [2.24, 2.45) is 5.41 Å². The minimum absolute atomic E-state index is 0.0445. The van der Waals surface area contributed by atoms with Gasteiger partial charge in [0.15, 0.2) is 0 Å². The van der Waals surface area contributed by atoms with Crippen LogP contribution in [0.3, 0.4) is 0 Å². The van der Waals surface area contributed by atoms with Gasteiger partial charge in [0.2, 0.25) is 17.7 Å². The molecule has 2 fully saturated rings. The lowest BCUT2D eigenvalue weighted by molar-refractivity contribution is -0.137. The lowest BCUT2D eigenvalue weighted by Crippen LogP contribution is -2.53. The van der Waals surface area contributed by atoms with Crippen molar-refractivity contribution in [1.82, 2.24) is 20.0 Å². The molecule has 0 radical (unpaired) electrons. The SMILES string of the molecule is CC(C)(C)C(=O)NCC(=O)N1CCN(CC(=O)N2CCCC2)CC1. The van der Waals surface area contributed by atoms with Crippen LogP contribution in [0.5, 0.6) is 0 Å². The van der Waals surface area contributed by atoms with Crippen molar-refractivity contribution in [3.05, 3.63) is 0 Å². The number of hydrogen-bond acceptors (Lipinski definition) is 4. The van der Waals surface area contributed by atoms with Crippen LogP contribution in [0.25, 0.3) is 0 Å². The fourth-order valence-corrected chi connectivity index (χ4v) is 2.95. The summed E-state index contributed by atoms with van der Waals surface area (Å²) in [5, 5.41) is 2.70. The molecule has 2 aliphatic heterocycles. The summed E-state index contributed by atoms with van der Waals surface area (Å²) in [4.78, 5) is 42.0. The van der Waals surface area contributed by atoms with Crippen LogP contribution in [0, 0.1) is 5.41 Å². The maximum Gasteiger partial charge on any atom is 0.242 e. The normalized spacial score (nSPS) is 19.5. The molecule has 2 heterocycles. The van der Waals surface area contributed by atoms with E-state index in [9.17, 15) is 14.4 Å². The number of amides is 3. The number of carbonyl (C=O) groups is 3. The van der Waals surface area contributed by atoms with Crippen molar-refractivity contribution in [1.29, 1.82) is 0 Å². The number of rotatable bonds is 4. The highest BCUT2D eigenvalue weighted by molar-refractivity contribution is 5.87. The molecule has 0 bridgehead atoms. The fourth-order valence-electron chi connectivity index (χ4n) is 2.95. The van der Waals surface area contributed by atoms with Gasteiger partial charge in [-0.15, -0.1) is 0 Å². The maximum atomic E-state index is 12.2. The van der Waals surface area contributed by atoms with Crippen molar-refractivity contribution in [2.75, 3.05) is 52.4 Å². The first kappa shape index (κ1) is 18.7. The van der Waals surface area contributed by atoms with E-state index in [2.05, 4.69) is 10.2 Å². The molecule has 0 spiro atoms. The van der Waals surface area contributed by atoms with Gasteiger partial charge in [0.25, 0.3) is 0 Å². The molecule has 0 saturated carbocycles. The van der Waals surface area contributed by atoms with Gasteiger partial charge in [-0.05, 0) is 12.8 Å². The molecule has 3 amide bonds. The Bertz CT molecular complexity index is 473. The molecule has 1 N–H and O–H groups in total. The van der Waals surface area contributed by atoms with Gasteiger partial charge in [-0.2, -0.15) is 0 Å². The van der Waals surface area contributed by atoms with Gasteiger partial charge < -0.3 is 15.1 Å². The second-order valence-corrected chi connectivity index (χ2v) is 7.68. The second kappa shape index (κ2) is 7.96. The molecule has 2 rings (SSSR count). The van der Waals surface area contributed by atoms with Gasteiger partial charge in [-0.25, -0.2) is 0 Å². The van der Waals surface area contributed by atoms with Gasteiger partial charge in [0.05, 0.1) is 13.1 Å². The summed E-state index contributed by atoms with van der Waals surface area (Å²) < 4.78 is 0. The summed E-state index contributed by atoms with van der Waals surface area (Å²) in [7, 11) is 0. The molecule has 0 aromatic rings. The van der Waals surface area contributed by atoms with E-state index in [1.54, 1.807) is 4.90 Å². The highest BCUT2D eigenvalue weighted by Gasteiger charge is 2.26. The third-order valence-electron chi connectivity index (χ3n) is 4.62. The molecule has 7 nitrogen and oxygen atoms in total. The summed E-state index contributed by atoms with van der Waals surface area (Å²) in [5.41, 5.74) is -0.491. The van der Waals surface area contributed by atoms with E-state index in [0.29, 0.717) is 32.7 Å². The standard InChI is InChI=1S/C17H30N4O3/c1-17(2,3)16(24)18-12-14(22)21-10-8-19(9-11-21)13-15(23)20-6-4-5-7-20/h4-13H2,1-3H3,(H,18,24). The Labute approximate surface area is 144 Å². The lowest BCUT2D eigenvalue weighted by atomic mass is 9.96. The zero-order valence-corrected chi connectivity index (χ0v) is 15.1. The summed E-state index contributed by atoms with van der Waals surface area (Å²) in [6.07, 6.45) is 2.21. The Morgan fingerprint density at radius 1 is 0.833 bits per heavy atom. The number of likely N-dealkylation sites (tertiary alicyclic amines) is 1. The Morgan fingerprint density at radius 3 is 1.92 bits per heavy atom. The van der Waals surface area contributed by atoms with Crippen LogP contribution in [0.1, 0.15) is 33.6 Å². The van der Waals surface area contributed by atoms with Crippen LogP contribution < -0.4 is 5.32 Å². The summed E-state index contributed by atoms with van der Waals surface area (Å²) in [6, 6.07) is 0. The van der Waals surface area contributed by atoms with Gasteiger partial charge in [0, 0.05) is 44.7 Å². The number of piperazine rings is 1. The quantitative estimate of drug-likeness (QED) is 0.778. The zero-order valence-electron chi connectivity index (χ0n) is 15.1. The molecule has 0 aromatic carbocycles. The number of carbonyl (C=O) groups excluding carboxylic acids is 3. The van der Waals surface area contributed by atoms with E-state index in [1.165, 1.54) is 0 Å². The molecule has 2 aliphatic rings. The number of nitrogens with zero attached hydrogens (tertiary/aromatic N) is 3. The summed E-state index contributed by atoms with van der Waals surface area (Å²) in [6.45, 7) is 10.3. The highest BCUT2D eigenvalue weighted by Crippen LogP contribution is 2.12. The Morgan fingerprint density at radius 2 is 1.38 bits per heavy atom. The van der Waals surface area contributed by atoms with Crippen LogP contribution in [0.4, 0.5) is 0 Å². The van der Waals surface area contributed by atoms with Crippen LogP contribution >= 0.6 is 0 Å². The summed E-state index contributed by atoms with van der Waals surface area (Å²) >= 11 is 0. The molecular weight excluding hydrogens is 308 g/mol. The monoisotopic (exact) mass is 338 g/mol. The molecule has 7 heteroatoms. The Hall–Kier alpha value is -1.63. The van der Waals surface area contributed by atoms with Gasteiger partial charge >= 0.3 is 0 Å². The summed E-state index contributed by atoms with van der Waals surface area (Å²) in [5.74, 6) is 0.0218. The first-order valence-corrected chi connectivity index (χ1v) is 8.83. The minimum Gasteiger partial charge on any atom is -0.347 e. The average Bonchev–Trinajstić information content (AvgIpc) is 3.06. The Kier molecular flexibility index (Phi) is 6.21. The van der Waals surface area contributed by atoms with Crippen molar-refractivity contribution >= 4 is 17.7 Å². The average molecular weight is 338 g/mol. The smallest absolute Gasteiger partial charge is 0.242 e. The molecule has 0 atom stereocenters. The third kappa shape index (κ3) is 5.19. The largest absolute Gasteiger partial charge is 0.347 e. The van der Waals surface area contributed by atoms with Crippen molar-refractivity contribution in [3.8, 4) is 0 Å². The number of nitrogens with one attached hydrogen (secondary N) is 1. The first-order valence-electron chi connectivity index (χ1n) is 8.83. The molecular formula is C17H30N4O3. The third-order valence-corrected chi connectivity index (χ3v) is 4.62. The van der Waals surface area contributed by atoms with Crippen molar-refractivity contribution in [3.63, 3.8) is 0 Å². The predicted molar refractivity (Wildman–Crippen MR) is 91.3 cm³/mol. The number of hydrogen-bond donors (Lipinski definition) is 1.